The number of primary amides is 1. The van der Waals surface area contributed by atoms with Gasteiger partial charge in [-0.05, 0) is 30.5 Å². The minimum absolute atomic E-state index is 0.155. The highest BCUT2D eigenvalue weighted by atomic mass is 16.2. The monoisotopic (exact) mass is 379 g/mol. The summed E-state index contributed by atoms with van der Waals surface area (Å²) < 4.78 is 0. The van der Waals surface area contributed by atoms with E-state index >= 15 is 0 Å². The lowest BCUT2D eigenvalue weighted by molar-refractivity contribution is -0.119. The van der Waals surface area contributed by atoms with Crippen molar-refractivity contribution in [2.24, 2.45) is 5.73 Å². The summed E-state index contributed by atoms with van der Waals surface area (Å²) in [7, 11) is 0. The Morgan fingerprint density at radius 2 is 1.79 bits per heavy atom. The Kier molecular flexibility index (Phi) is 5.25. The first-order chi connectivity index (χ1) is 13.6. The molecular weight excluding hydrogens is 354 g/mol. The molecule has 0 bridgehead atoms. The molecule has 2 N–H and O–H groups in total. The molecule has 7 nitrogen and oxygen atoms in total. The van der Waals surface area contributed by atoms with Gasteiger partial charge in [-0.15, -0.1) is 0 Å². The van der Waals surface area contributed by atoms with Gasteiger partial charge in [-0.1, -0.05) is 18.2 Å². The first-order valence-electron chi connectivity index (χ1n) is 9.73. The maximum atomic E-state index is 12.9. The van der Waals surface area contributed by atoms with Crippen LogP contribution in [0, 0.1) is 0 Å². The number of piperazine rings is 1. The quantitative estimate of drug-likeness (QED) is 0.865. The number of amides is 2. The van der Waals surface area contributed by atoms with Gasteiger partial charge in [-0.25, -0.2) is 0 Å². The molecule has 1 aromatic heterocycles. The molecule has 4 rings (SSSR count). The fourth-order valence-electron chi connectivity index (χ4n) is 4.07. The van der Waals surface area contributed by atoms with E-state index in [0.717, 1.165) is 56.9 Å². The minimum Gasteiger partial charge on any atom is -0.368 e. The largest absolute Gasteiger partial charge is 0.368 e. The molecule has 1 fully saturated rings. The molecule has 0 saturated carbocycles. The lowest BCUT2D eigenvalue weighted by Crippen LogP contribution is -2.51. The molecule has 2 amide bonds. The first kappa shape index (κ1) is 18.4. The number of aromatic nitrogens is 1. The Hall–Kier alpha value is -2.93. The number of carbonyl (C=O) groups is 2. The molecule has 28 heavy (non-hydrogen) atoms. The molecule has 1 saturated heterocycles. The summed E-state index contributed by atoms with van der Waals surface area (Å²) in [5.74, 6) is -0.313. The average molecular weight is 379 g/mol. The molecule has 0 unspecified atom stereocenters. The third-order valence-corrected chi connectivity index (χ3v) is 5.55. The molecular formula is C21H25N5O2. The van der Waals surface area contributed by atoms with Gasteiger partial charge in [0.15, 0.2) is 0 Å². The molecule has 1 aromatic carbocycles. The van der Waals surface area contributed by atoms with Crippen LogP contribution in [0.5, 0.6) is 0 Å². The predicted octanol–water partition coefficient (Wildman–Crippen LogP) is 1.28. The van der Waals surface area contributed by atoms with E-state index < -0.39 is 5.91 Å². The molecule has 2 aromatic rings. The summed E-state index contributed by atoms with van der Waals surface area (Å²) in [6.45, 7) is 4.22. The molecule has 0 spiro atoms. The number of anilines is 2. The smallest absolute Gasteiger partial charge is 0.252 e. The summed E-state index contributed by atoms with van der Waals surface area (Å²) >= 11 is 0. The van der Waals surface area contributed by atoms with Gasteiger partial charge in [0.25, 0.3) is 5.91 Å². The number of carbonyl (C=O) groups excluding carboxylic acids is 2. The van der Waals surface area contributed by atoms with Crippen LogP contribution in [-0.2, 0) is 11.2 Å². The Balaban J connectivity index is 1.38. The highest BCUT2D eigenvalue weighted by Crippen LogP contribution is 2.27. The van der Waals surface area contributed by atoms with Crippen LogP contribution in [0.4, 0.5) is 11.4 Å². The van der Waals surface area contributed by atoms with E-state index in [1.807, 2.05) is 29.2 Å². The standard InChI is InChI=1S/C21H25N5O2/c22-21(28)17-14-23-8-7-19(17)25-12-10-24(11-13-25)15-20(27)26-9-3-5-16-4-1-2-6-18(16)26/h1-2,4,6-8,14H,3,5,9-13,15H2,(H2,22,28). The van der Waals surface area contributed by atoms with Crippen molar-refractivity contribution in [2.45, 2.75) is 12.8 Å². The second-order valence-electron chi connectivity index (χ2n) is 7.30. The number of fused-ring (bicyclic) bond motifs is 1. The number of benzene rings is 1. The van der Waals surface area contributed by atoms with Crippen LogP contribution in [0.15, 0.2) is 42.7 Å². The number of nitrogens with two attached hydrogens (primary N) is 1. The molecule has 3 heterocycles. The zero-order valence-electron chi connectivity index (χ0n) is 15.9. The number of pyridine rings is 1. The van der Waals surface area contributed by atoms with Crippen molar-refractivity contribution in [3.05, 3.63) is 53.9 Å². The van der Waals surface area contributed by atoms with Gasteiger partial charge >= 0.3 is 0 Å². The second-order valence-corrected chi connectivity index (χ2v) is 7.30. The first-order valence-corrected chi connectivity index (χ1v) is 9.73. The molecule has 2 aliphatic rings. The molecule has 0 radical (unpaired) electrons. The normalized spacial score (nSPS) is 17.3. The van der Waals surface area contributed by atoms with E-state index in [9.17, 15) is 9.59 Å². The van der Waals surface area contributed by atoms with E-state index in [4.69, 9.17) is 5.73 Å². The van der Waals surface area contributed by atoms with Gasteiger partial charge in [0, 0.05) is 50.8 Å². The van der Waals surface area contributed by atoms with Crippen molar-refractivity contribution in [3.8, 4) is 0 Å². The van der Waals surface area contributed by atoms with Gasteiger partial charge < -0.3 is 15.5 Å². The van der Waals surface area contributed by atoms with Crippen LogP contribution >= 0.6 is 0 Å². The summed E-state index contributed by atoms with van der Waals surface area (Å²) in [6.07, 6.45) is 5.23. The number of nitrogens with zero attached hydrogens (tertiary/aromatic N) is 4. The topological polar surface area (TPSA) is 82.8 Å². The van der Waals surface area contributed by atoms with Crippen LogP contribution in [0.2, 0.25) is 0 Å². The van der Waals surface area contributed by atoms with Crippen molar-refractivity contribution in [1.82, 2.24) is 9.88 Å². The van der Waals surface area contributed by atoms with Gasteiger partial charge in [0.2, 0.25) is 5.91 Å². The maximum Gasteiger partial charge on any atom is 0.252 e. The third kappa shape index (κ3) is 3.71. The predicted molar refractivity (Wildman–Crippen MR) is 109 cm³/mol. The summed E-state index contributed by atoms with van der Waals surface area (Å²) in [5.41, 5.74) is 9.04. The van der Waals surface area contributed by atoms with Crippen molar-refractivity contribution in [1.29, 1.82) is 0 Å². The van der Waals surface area contributed by atoms with Crippen LogP contribution in [0.25, 0.3) is 0 Å². The van der Waals surface area contributed by atoms with Gasteiger partial charge in [0.05, 0.1) is 17.8 Å². The summed E-state index contributed by atoms with van der Waals surface area (Å²) in [4.78, 5) is 34.8. The minimum atomic E-state index is -0.468. The zero-order chi connectivity index (χ0) is 19.5. The maximum absolute atomic E-state index is 12.9. The van der Waals surface area contributed by atoms with Crippen LogP contribution < -0.4 is 15.5 Å². The van der Waals surface area contributed by atoms with Crippen molar-refractivity contribution < 1.29 is 9.59 Å². The lowest BCUT2D eigenvalue weighted by Gasteiger charge is -2.37. The molecule has 0 aliphatic carbocycles. The highest BCUT2D eigenvalue weighted by Gasteiger charge is 2.26. The van der Waals surface area contributed by atoms with Crippen molar-refractivity contribution in [2.75, 3.05) is 49.1 Å². The molecule has 0 atom stereocenters. The van der Waals surface area contributed by atoms with Crippen molar-refractivity contribution >= 4 is 23.2 Å². The summed E-state index contributed by atoms with van der Waals surface area (Å²) in [6, 6.07) is 10.0. The fourth-order valence-corrected chi connectivity index (χ4v) is 4.07. The molecule has 7 heteroatoms. The Labute approximate surface area is 164 Å². The van der Waals surface area contributed by atoms with Crippen LogP contribution in [0.1, 0.15) is 22.3 Å². The van der Waals surface area contributed by atoms with Gasteiger partial charge in [-0.3, -0.25) is 19.5 Å². The molecule has 146 valence electrons. The van der Waals surface area contributed by atoms with Crippen molar-refractivity contribution in [3.63, 3.8) is 0 Å². The Morgan fingerprint density at radius 1 is 1.00 bits per heavy atom. The number of hydrogen-bond donors (Lipinski definition) is 1. The molecule has 2 aliphatic heterocycles. The lowest BCUT2D eigenvalue weighted by atomic mass is 10.0. The Bertz CT molecular complexity index is 877. The number of rotatable bonds is 4. The second kappa shape index (κ2) is 7.98. The highest BCUT2D eigenvalue weighted by molar-refractivity contribution is 5.98. The van der Waals surface area contributed by atoms with E-state index in [1.54, 1.807) is 6.20 Å². The van der Waals surface area contributed by atoms with Gasteiger partial charge in [0.1, 0.15) is 0 Å². The van der Waals surface area contributed by atoms with E-state index in [1.165, 1.54) is 11.8 Å². The Morgan fingerprint density at radius 3 is 2.57 bits per heavy atom. The zero-order valence-corrected chi connectivity index (χ0v) is 15.9. The van der Waals surface area contributed by atoms with Crippen LogP contribution in [-0.4, -0.2) is 61.0 Å². The SMILES string of the molecule is NC(=O)c1cnccc1N1CCN(CC(=O)N2CCCc3ccccc32)CC1. The van der Waals surface area contributed by atoms with Gasteiger partial charge in [-0.2, -0.15) is 0 Å². The number of hydrogen-bond acceptors (Lipinski definition) is 5. The van der Waals surface area contributed by atoms with E-state index in [0.29, 0.717) is 12.1 Å². The summed E-state index contributed by atoms with van der Waals surface area (Å²) in [5, 5.41) is 0. The number of para-hydroxylation sites is 1. The fraction of sp³-hybridized carbons (Fsp3) is 0.381. The van der Waals surface area contributed by atoms with Crippen LogP contribution in [0.3, 0.4) is 0 Å². The number of aryl methyl sites for hydroxylation is 1. The van der Waals surface area contributed by atoms with E-state index in [-0.39, 0.29) is 5.91 Å². The third-order valence-electron chi connectivity index (χ3n) is 5.55. The van der Waals surface area contributed by atoms with E-state index in [2.05, 4.69) is 20.9 Å². The average Bonchev–Trinajstić information content (AvgIpc) is 2.74.